The molecule has 0 fully saturated rings. The predicted octanol–water partition coefficient (Wildman–Crippen LogP) is 3.29. The van der Waals surface area contributed by atoms with Gasteiger partial charge in [-0.15, -0.1) is 0 Å². The smallest absolute Gasteiger partial charge is 0.261 e. The molecule has 4 rings (SSSR count). The maximum atomic E-state index is 13.2. The van der Waals surface area contributed by atoms with Gasteiger partial charge in [0.15, 0.2) is 0 Å². The summed E-state index contributed by atoms with van der Waals surface area (Å²) < 4.78 is 19.7. The average molecular weight is 357 g/mol. The highest BCUT2D eigenvalue weighted by Crippen LogP contribution is 2.20. The highest BCUT2D eigenvalue weighted by molar-refractivity contribution is 6.30. The molecule has 0 amide bonds. The maximum absolute atomic E-state index is 13.2. The fraction of sp³-hybridized carbons (Fsp3) is 0.0588. The van der Waals surface area contributed by atoms with Gasteiger partial charge in [0.25, 0.3) is 5.56 Å². The first-order valence-corrected chi connectivity index (χ1v) is 7.71. The molecule has 124 valence electrons. The molecule has 0 unspecified atom stereocenters. The van der Waals surface area contributed by atoms with Gasteiger partial charge in [0.1, 0.15) is 12.4 Å². The van der Waals surface area contributed by atoms with Gasteiger partial charge in [-0.2, -0.15) is 4.98 Å². The first-order valence-electron chi connectivity index (χ1n) is 7.33. The molecule has 4 aromatic rings. The summed E-state index contributed by atoms with van der Waals surface area (Å²) in [4.78, 5) is 20.8. The topological polar surface area (TPSA) is 73.8 Å². The van der Waals surface area contributed by atoms with Gasteiger partial charge in [0.2, 0.25) is 11.7 Å². The summed E-state index contributed by atoms with van der Waals surface area (Å²) in [6, 6.07) is 10.9. The average Bonchev–Trinajstić information content (AvgIpc) is 3.06. The molecule has 0 N–H and O–H groups in total. The van der Waals surface area contributed by atoms with Crippen LogP contribution in [0.2, 0.25) is 5.02 Å². The summed E-state index contributed by atoms with van der Waals surface area (Å²) in [5.74, 6) is 0.182. The van der Waals surface area contributed by atoms with Crippen molar-refractivity contribution in [2.24, 2.45) is 0 Å². The molecule has 0 aliphatic rings. The van der Waals surface area contributed by atoms with Gasteiger partial charge in [-0.05, 0) is 24.3 Å². The van der Waals surface area contributed by atoms with Crippen molar-refractivity contribution >= 4 is 22.5 Å². The van der Waals surface area contributed by atoms with Crippen molar-refractivity contribution in [2.75, 3.05) is 0 Å². The van der Waals surface area contributed by atoms with E-state index >= 15 is 0 Å². The van der Waals surface area contributed by atoms with E-state index in [0.29, 0.717) is 27.3 Å². The van der Waals surface area contributed by atoms with E-state index in [0.717, 1.165) is 0 Å². The van der Waals surface area contributed by atoms with Gasteiger partial charge in [0, 0.05) is 16.7 Å². The van der Waals surface area contributed by atoms with Crippen LogP contribution < -0.4 is 5.56 Å². The Morgan fingerprint density at radius 1 is 1.20 bits per heavy atom. The SMILES string of the molecule is O=c1c2ccc(F)cc2ncn1Cc1nc(-c2cccc(Cl)c2)no1. The van der Waals surface area contributed by atoms with Crippen LogP contribution in [0, 0.1) is 5.82 Å². The Balaban J connectivity index is 1.67. The largest absolute Gasteiger partial charge is 0.337 e. The molecule has 2 heterocycles. The molecule has 0 saturated carbocycles. The highest BCUT2D eigenvalue weighted by atomic mass is 35.5. The number of hydrogen-bond acceptors (Lipinski definition) is 5. The number of benzene rings is 2. The van der Waals surface area contributed by atoms with E-state index in [-0.39, 0.29) is 18.0 Å². The van der Waals surface area contributed by atoms with Crippen LogP contribution in [0.25, 0.3) is 22.3 Å². The first kappa shape index (κ1) is 15.5. The molecule has 25 heavy (non-hydrogen) atoms. The minimum Gasteiger partial charge on any atom is -0.337 e. The number of hydrogen-bond donors (Lipinski definition) is 0. The Labute approximate surface area is 145 Å². The standard InChI is InChI=1S/C17H10ClFN4O2/c18-11-3-1-2-10(6-11)16-21-15(25-22-16)8-23-9-20-14-7-12(19)4-5-13(14)17(23)24/h1-7,9H,8H2. The number of nitrogens with zero attached hydrogens (tertiary/aromatic N) is 4. The van der Waals surface area contributed by atoms with E-state index in [2.05, 4.69) is 15.1 Å². The summed E-state index contributed by atoms with van der Waals surface area (Å²) in [5.41, 5.74) is 0.695. The van der Waals surface area contributed by atoms with Crippen molar-refractivity contribution in [3.8, 4) is 11.4 Å². The lowest BCUT2D eigenvalue weighted by Crippen LogP contribution is -2.21. The number of fused-ring (bicyclic) bond motifs is 1. The van der Waals surface area contributed by atoms with Crippen LogP contribution in [0.15, 0.2) is 58.1 Å². The van der Waals surface area contributed by atoms with E-state index in [4.69, 9.17) is 16.1 Å². The second kappa shape index (κ2) is 6.10. The molecule has 0 saturated heterocycles. The molecule has 2 aromatic heterocycles. The Morgan fingerprint density at radius 3 is 2.92 bits per heavy atom. The molecule has 6 nitrogen and oxygen atoms in total. The van der Waals surface area contributed by atoms with Gasteiger partial charge < -0.3 is 4.52 Å². The summed E-state index contributed by atoms with van der Waals surface area (Å²) >= 11 is 5.95. The fourth-order valence-electron chi connectivity index (χ4n) is 2.45. The molecular weight excluding hydrogens is 347 g/mol. The van der Waals surface area contributed by atoms with Crippen molar-refractivity contribution < 1.29 is 8.91 Å². The third-order valence-corrected chi connectivity index (χ3v) is 3.88. The quantitative estimate of drug-likeness (QED) is 0.563. The van der Waals surface area contributed by atoms with Gasteiger partial charge >= 0.3 is 0 Å². The first-order chi connectivity index (χ1) is 12.1. The molecule has 0 spiro atoms. The monoisotopic (exact) mass is 356 g/mol. The molecule has 0 aliphatic carbocycles. The van der Waals surface area contributed by atoms with Crippen molar-refractivity contribution in [1.82, 2.24) is 19.7 Å². The second-order valence-corrected chi connectivity index (χ2v) is 5.80. The zero-order valence-corrected chi connectivity index (χ0v) is 13.4. The highest BCUT2D eigenvalue weighted by Gasteiger charge is 2.12. The lowest BCUT2D eigenvalue weighted by molar-refractivity contribution is 0.369. The summed E-state index contributed by atoms with van der Waals surface area (Å²) in [6.45, 7) is 0.0622. The maximum Gasteiger partial charge on any atom is 0.261 e. The molecule has 0 atom stereocenters. The predicted molar refractivity (Wildman–Crippen MR) is 89.8 cm³/mol. The minimum atomic E-state index is -0.444. The van der Waals surface area contributed by atoms with E-state index in [1.807, 2.05) is 0 Å². The Morgan fingerprint density at radius 2 is 2.08 bits per heavy atom. The van der Waals surface area contributed by atoms with E-state index < -0.39 is 5.82 Å². The molecule has 0 aliphatic heterocycles. The second-order valence-electron chi connectivity index (χ2n) is 5.36. The summed E-state index contributed by atoms with van der Waals surface area (Å²) in [7, 11) is 0. The van der Waals surface area contributed by atoms with Crippen LogP contribution in [0.1, 0.15) is 5.89 Å². The fourth-order valence-corrected chi connectivity index (χ4v) is 2.64. The third-order valence-electron chi connectivity index (χ3n) is 3.64. The Kier molecular flexibility index (Phi) is 3.77. The van der Waals surface area contributed by atoms with Crippen LogP contribution in [0.4, 0.5) is 4.39 Å². The molecule has 8 heteroatoms. The number of rotatable bonds is 3. The van der Waals surface area contributed by atoms with Crippen LogP contribution >= 0.6 is 11.6 Å². The van der Waals surface area contributed by atoms with Crippen molar-refractivity contribution in [3.05, 3.63) is 75.9 Å². The van der Waals surface area contributed by atoms with Crippen LogP contribution in [0.5, 0.6) is 0 Å². The Bertz CT molecular complexity index is 1140. The molecule has 0 bridgehead atoms. The summed E-state index contributed by atoms with van der Waals surface area (Å²) in [6.07, 6.45) is 1.33. The van der Waals surface area contributed by atoms with Crippen molar-refractivity contribution in [2.45, 2.75) is 6.54 Å². The third kappa shape index (κ3) is 3.01. The van der Waals surface area contributed by atoms with Crippen LogP contribution in [-0.2, 0) is 6.54 Å². The molecule has 0 radical (unpaired) electrons. The molecule has 2 aromatic carbocycles. The zero-order valence-electron chi connectivity index (χ0n) is 12.7. The van der Waals surface area contributed by atoms with Crippen molar-refractivity contribution in [1.29, 1.82) is 0 Å². The lowest BCUT2D eigenvalue weighted by atomic mass is 10.2. The van der Waals surface area contributed by atoms with Crippen LogP contribution in [-0.4, -0.2) is 19.7 Å². The minimum absolute atomic E-state index is 0.0622. The van der Waals surface area contributed by atoms with Gasteiger partial charge in [0.05, 0.1) is 17.2 Å². The van der Waals surface area contributed by atoms with Gasteiger partial charge in [-0.3, -0.25) is 9.36 Å². The molecular formula is C17H10ClFN4O2. The lowest BCUT2D eigenvalue weighted by Gasteiger charge is -2.03. The van der Waals surface area contributed by atoms with Crippen molar-refractivity contribution in [3.63, 3.8) is 0 Å². The zero-order chi connectivity index (χ0) is 17.4. The number of aromatic nitrogens is 4. The van der Waals surface area contributed by atoms with E-state index in [1.165, 1.54) is 29.1 Å². The Hall–Kier alpha value is -3.06. The van der Waals surface area contributed by atoms with Gasteiger partial charge in [-0.25, -0.2) is 9.37 Å². The van der Waals surface area contributed by atoms with E-state index in [1.54, 1.807) is 24.3 Å². The number of halogens is 2. The van der Waals surface area contributed by atoms with Gasteiger partial charge in [-0.1, -0.05) is 28.9 Å². The summed E-state index contributed by atoms with van der Waals surface area (Å²) in [5, 5.41) is 4.78. The van der Waals surface area contributed by atoms with Crippen LogP contribution in [0.3, 0.4) is 0 Å². The normalized spacial score (nSPS) is 11.1. The van der Waals surface area contributed by atoms with E-state index in [9.17, 15) is 9.18 Å².